The van der Waals surface area contributed by atoms with Crippen LogP contribution in [0.25, 0.3) is 0 Å². The van der Waals surface area contributed by atoms with E-state index < -0.39 is 0 Å². The molecule has 1 N–H and O–H groups in total. The minimum atomic E-state index is 0.0478. The highest BCUT2D eigenvalue weighted by atomic mass is 16.5. The normalized spacial score (nSPS) is 16.7. The quantitative estimate of drug-likeness (QED) is 0.840. The number of aliphatic hydroxyl groups is 1. The highest BCUT2D eigenvalue weighted by Crippen LogP contribution is 2.29. The Kier molecular flexibility index (Phi) is 6.27. The molecule has 0 amide bonds. The summed E-state index contributed by atoms with van der Waals surface area (Å²) in [7, 11) is 0. The van der Waals surface area contributed by atoms with Gasteiger partial charge >= 0.3 is 0 Å². The van der Waals surface area contributed by atoms with Crippen LogP contribution in [-0.2, 0) is 6.42 Å². The summed E-state index contributed by atoms with van der Waals surface area (Å²) in [5.41, 5.74) is 2.73. The van der Waals surface area contributed by atoms with Gasteiger partial charge in [0.1, 0.15) is 12.4 Å². The van der Waals surface area contributed by atoms with Gasteiger partial charge in [-0.1, -0.05) is 48.9 Å². The van der Waals surface area contributed by atoms with Gasteiger partial charge in [-0.05, 0) is 55.6 Å². The molecule has 0 bridgehead atoms. The van der Waals surface area contributed by atoms with Crippen molar-refractivity contribution in [2.24, 2.45) is 0 Å². The summed E-state index contributed by atoms with van der Waals surface area (Å²) in [6, 6.07) is 19.6. The molecular formula is C21H27NO2. The highest BCUT2D eigenvalue weighted by Gasteiger charge is 2.22. The van der Waals surface area contributed by atoms with Crippen LogP contribution in [0, 0.1) is 0 Å². The molecule has 2 aromatic rings. The van der Waals surface area contributed by atoms with Crippen molar-refractivity contribution in [1.29, 1.82) is 0 Å². The molecule has 0 aliphatic carbocycles. The number of rotatable bonds is 7. The van der Waals surface area contributed by atoms with Gasteiger partial charge in [0.05, 0.1) is 6.61 Å². The van der Waals surface area contributed by atoms with E-state index in [9.17, 15) is 0 Å². The molecule has 0 spiro atoms. The van der Waals surface area contributed by atoms with Gasteiger partial charge in [0, 0.05) is 6.04 Å². The van der Waals surface area contributed by atoms with Gasteiger partial charge in [-0.2, -0.15) is 0 Å². The molecule has 24 heavy (non-hydrogen) atoms. The summed E-state index contributed by atoms with van der Waals surface area (Å²) in [6.07, 6.45) is 4.98. The zero-order valence-electron chi connectivity index (χ0n) is 14.2. The van der Waals surface area contributed by atoms with Gasteiger partial charge in [0.2, 0.25) is 0 Å². The Morgan fingerprint density at radius 2 is 1.62 bits per heavy atom. The molecule has 3 heteroatoms. The standard InChI is InChI=1S/C21H27NO2/c23-15-16-24-20-11-9-19(10-12-20)21(22-13-5-2-6-14-22)17-18-7-3-1-4-8-18/h1,3-4,7-12,21,23H,2,5-6,13-17H2. The predicted octanol–water partition coefficient (Wildman–Crippen LogP) is 3.83. The van der Waals surface area contributed by atoms with Crippen molar-refractivity contribution in [1.82, 2.24) is 4.90 Å². The van der Waals surface area contributed by atoms with Gasteiger partial charge < -0.3 is 9.84 Å². The first-order valence-electron chi connectivity index (χ1n) is 8.98. The van der Waals surface area contributed by atoms with E-state index >= 15 is 0 Å². The van der Waals surface area contributed by atoms with Crippen LogP contribution in [0.4, 0.5) is 0 Å². The van der Waals surface area contributed by atoms with Crippen molar-refractivity contribution in [2.75, 3.05) is 26.3 Å². The number of piperidine rings is 1. The van der Waals surface area contributed by atoms with E-state index in [1.165, 1.54) is 43.5 Å². The third-order valence-corrected chi connectivity index (χ3v) is 4.73. The van der Waals surface area contributed by atoms with Gasteiger partial charge in [0.15, 0.2) is 0 Å². The van der Waals surface area contributed by atoms with E-state index in [-0.39, 0.29) is 6.61 Å². The van der Waals surface area contributed by atoms with Crippen molar-refractivity contribution in [3.8, 4) is 5.75 Å². The first-order valence-corrected chi connectivity index (χ1v) is 8.98. The van der Waals surface area contributed by atoms with Gasteiger partial charge in [-0.15, -0.1) is 0 Å². The maximum absolute atomic E-state index is 8.87. The Morgan fingerprint density at radius 3 is 2.29 bits per heavy atom. The van der Waals surface area contributed by atoms with Gasteiger partial charge in [-0.25, -0.2) is 0 Å². The van der Waals surface area contributed by atoms with Crippen LogP contribution in [-0.4, -0.2) is 36.3 Å². The summed E-state index contributed by atoms with van der Waals surface area (Å²) in [6.45, 7) is 2.76. The Morgan fingerprint density at radius 1 is 0.917 bits per heavy atom. The molecule has 0 aromatic heterocycles. The average molecular weight is 325 g/mol. The SMILES string of the molecule is OCCOc1ccc(C(Cc2ccccc2)N2CCCCC2)cc1. The maximum Gasteiger partial charge on any atom is 0.119 e. The molecule has 3 nitrogen and oxygen atoms in total. The topological polar surface area (TPSA) is 32.7 Å². The minimum absolute atomic E-state index is 0.0478. The molecule has 1 aliphatic rings. The van der Waals surface area contributed by atoms with Gasteiger partial charge in [0.25, 0.3) is 0 Å². The Labute approximate surface area is 144 Å². The largest absolute Gasteiger partial charge is 0.491 e. The van der Waals surface area contributed by atoms with Crippen molar-refractivity contribution < 1.29 is 9.84 Å². The highest BCUT2D eigenvalue weighted by molar-refractivity contribution is 5.31. The van der Waals surface area contributed by atoms with E-state index in [2.05, 4.69) is 47.4 Å². The van der Waals surface area contributed by atoms with Crippen LogP contribution in [0.3, 0.4) is 0 Å². The summed E-state index contributed by atoms with van der Waals surface area (Å²) in [5.74, 6) is 0.824. The average Bonchev–Trinajstić information content (AvgIpc) is 2.66. The molecule has 1 heterocycles. The van der Waals surface area contributed by atoms with Gasteiger partial charge in [-0.3, -0.25) is 4.90 Å². The number of likely N-dealkylation sites (tertiary alicyclic amines) is 1. The fraction of sp³-hybridized carbons (Fsp3) is 0.429. The Hall–Kier alpha value is -1.84. The minimum Gasteiger partial charge on any atom is -0.491 e. The number of hydrogen-bond acceptors (Lipinski definition) is 3. The van der Waals surface area contributed by atoms with Crippen molar-refractivity contribution in [2.45, 2.75) is 31.7 Å². The van der Waals surface area contributed by atoms with Crippen molar-refractivity contribution in [3.63, 3.8) is 0 Å². The predicted molar refractivity (Wildman–Crippen MR) is 97.3 cm³/mol. The van der Waals surface area contributed by atoms with Crippen LogP contribution in [0.5, 0.6) is 5.75 Å². The molecule has 0 radical (unpaired) electrons. The lowest BCUT2D eigenvalue weighted by Gasteiger charge is -2.35. The first-order chi connectivity index (χ1) is 11.9. The molecule has 1 saturated heterocycles. The summed E-state index contributed by atoms with van der Waals surface area (Å²) in [4.78, 5) is 2.63. The molecule has 1 fully saturated rings. The molecule has 1 aliphatic heterocycles. The van der Waals surface area contributed by atoms with Crippen LogP contribution in [0.1, 0.15) is 36.4 Å². The van der Waals surface area contributed by atoms with Crippen LogP contribution >= 0.6 is 0 Å². The maximum atomic E-state index is 8.87. The fourth-order valence-corrected chi connectivity index (χ4v) is 3.47. The Balaban J connectivity index is 1.77. The first kappa shape index (κ1) is 17.0. The molecule has 1 unspecified atom stereocenters. The molecule has 3 rings (SSSR count). The van der Waals surface area contributed by atoms with E-state index in [1.807, 2.05) is 12.1 Å². The van der Waals surface area contributed by atoms with Crippen LogP contribution in [0.15, 0.2) is 54.6 Å². The summed E-state index contributed by atoms with van der Waals surface area (Å²) in [5, 5.41) is 8.87. The molecule has 0 saturated carbocycles. The van der Waals surface area contributed by atoms with Crippen LogP contribution < -0.4 is 4.74 Å². The second-order valence-electron chi connectivity index (χ2n) is 6.44. The number of hydrogen-bond donors (Lipinski definition) is 1. The third kappa shape index (κ3) is 4.59. The molecular weight excluding hydrogens is 298 g/mol. The number of aliphatic hydroxyl groups excluding tert-OH is 1. The molecule has 128 valence electrons. The molecule has 1 atom stereocenters. The molecule has 2 aromatic carbocycles. The second-order valence-corrected chi connectivity index (χ2v) is 6.44. The number of benzene rings is 2. The van der Waals surface area contributed by atoms with E-state index in [0.717, 1.165) is 12.2 Å². The summed E-state index contributed by atoms with van der Waals surface area (Å²) >= 11 is 0. The van der Waals surface area contributed by atoms with E-state index in [4.69, 9.17) is 9.84 Å². The lowest BCUT2D eigenvalue weighted by molar-refractivity contribution is 0.162. The fourth-order valence-electron chi connectivity index (χ4n) is 3.47. The van der Waals surface area contributed by atoms with E-state index in [1.54, 1.807) is 0 Å². The third-order valence-electron chi connectivity index (χ3n) is 4.73. The van der Waals surface area contributed by atoms with Crippen molar-refractivity contribution >= 4 is 0 Å². The number of nitrogens with zero attached hydrogens (tertiary/aromatic N) is 1. The zero-order chi connectivity index (χ0) is 16.6. The van der Waals surface area contributed by atoms with E-state index in [0.29, 0.717) is 12.6 Å². The smallest absolute Gasteiger partial charge is 0.119 e. The number of ether oxygens (including phenoxy) is 1. The van der Waals surface area contributed by atoms with Crippen LogP contribution in [0.2, 0.25) is 0 Å². The summed E-state index contributed by atoms with van der Waals surface area (Å²) < 4.78 is 5.49. The lowest BCUT2D eigenvalue weighted by Crippen LogP contribution is -2.34. The second kappa shape index (κ2) is 8.86. The Bertz CT molecular complexity index is 591. The monoisotopic (exact) mass is 325 g/mol. The van der Waals surface area contributed by atoms with Crippen molar-refractivity contribution in [3.05, 3.63) is 65.7 Å². The lowest BCUT2D eigenvalue weighted by atomic mass is 9.95. The zero-order valence-corrected chi connectivity index (χ0v) is 14.2.